The van der Waals surface area contributed by atoms with E-state index in [2.05, 4.69) is 10.6 Å². The number of aromatic hydroxyl groups is 1. The Morgan fingerprint density at radius 3 is 2.85 bits per heavy atom. The highest BCUT2D eigenvalue weighted by molar-refractivity contribution is 5.95. The van der Waals surface area contributed by atoms with Gasteiger partial charge < -0.3 is 14.6 Å². The molecule has 1 atom stereocenters. The lowest BCUT2D eigenvalue weighted by Crippen LogP contribution is -2.31. The molecule has 1 aromatic carbocycles. The number of hydrogen-bond acceptors (Lipinski definition) is 2. The van der Waals surface area contributed by atoms with Crippen LogP contribution in [0.2, 0.25) is 0 Å². The summed E-state index contributed by atoms with van der Waals surface area (Å²) < 4.78 is 2.07. The van der Waals surface area contributed by atoms with E-state index >= 15 is 0 Å². The van der Waals surface area contributed by atoms with Crippen LogP contribution < -0.4 is 0 Å². The molecule has 4 nitrogen and oxygen atoms in total. The number of phenols is 1. The predicted octanol–water partition coefficient (Wildman–Crippen LogP) is 2.71. The predicted molar refractivity (Wildman–Crippen MR) is 76.5 cm³/mol. The molecule has 104 valence electrons. The first kappa shape index (κ1) is 12.8. The van der Waals surface area contributed by atoms with Gasteiger partial charge in [-0.05, 0) is 43.2 Å². The lowest BCUT2D eigenvalue weighted by molar-refractivity contribution is 0.0731. The summed E-state index contributed by atoms with van der Waals surface area (Å²) in [6.45, 7) is 0.768. The van der Waals surface area contributed by atoms with Crippen LogP contribution in [-0.2, 0) is 7.05 Å². The lowest BCUT2D eigenvalue weighted by atomic mass is 10.1. The normalized spacial score (nSPS) is 18.4. The second-order valence-corrected chi connectivity index (χ2v) is 5.25. The van der Waals surface area contributed by atoms with Crippen LogP contribution in [0.25, 0.3) is 0 Å². The van der Waals surface area contributed by atoms with E-state index in [4.69, 9.17) is 0 Å². The summed E-state index contributed by atoms with van der Waals surface area (Å²) in [5.74, 6) is 0.120. The zero-order valence-corrected chi connectivity index (χ0v) is 11.5. The highest BCUT2D eigenvalue weighted by Crippen LogP contribution is 2.33. The fourth-order valence-electron chi connectivity index (χ4n) is 2.94. The average Bonchev–Trinajstić information content (AvgIpc) is 3.06. The van der Waals surface area contributed by atoms with Crippen LogP contribution in [-0.4, -0.2) is 27.0 Å². The molecule has 0 aliphatic carbocycles. The number of nitrogens with zero attached hydrogens (tertiary/aromatic N) is 2. The quantitative estimate of drug-likeness (QED) is 0.912. The van der Waals surface area contributed by atoms with Crippen LogP contribution in [0.1, 0.15) is 34.9 Å². The minimum atomic E-state index is -0.00963. The van der Waals surface area contributed by atoms with Gasteiger partial charge in [0.25, 0.3) is 5.91 Å². The Bertz CT molecular complexity index is 633. The molecule has 0 bridgehead atoms. The number of amides is 1. The number of carbonyl (C=O) groups excluding carboxylic acids is 1. The Labute approximate surface area is 118 Å². The van der Waals surface area contributed by atoms with Crippen LogP contribution in [0.5, 0.6) is 5.75 Å². The minimum absolute atomic E-state index is 0.00963. The van der Waals surface area contributed by atoms with Gasteiger partial charge in [-0.1, -0.05) is 6.07 Å². The first-order valence-electron chi connectivity index (χ1n) is 6.88. The summed E-state index contributed by atoms with van der Waals surface area (Å²) >= 11 is 0. The number of rotatable bonds is 2. The van der Waals surface area contributed by atoms with Crippen LogP contribution in [0.4, 0.5) is 0 Å². The summed E-state index contributed by atoms with van der Waals surface area (Å²) in [7, 11) is 2.00. The standard InChI is InChI=1S/C16H18N2O2/c1-17-9-3-7-14(17)15-8-4-10-18(15)16(20)12-5-2-6-13(19)11-12/h2-3,5-7,9,11,15,19H,4,8,10H2,1H3. The molecule has 1 saturated heterocycles. The summed E-state index contributed by atoms with van der Waals surface area (Å²) in [6, 6.07) is 10.8. The maximum atomic E-state index is 12.6. The van der Waals surface area contributed by atoms with Gasteiger partial charge in [0.15, 0.2) is 0 Å². The number of benzene rings is 1. The molecule has 4 heteroatoms. The Kier molecular flexibility index (Phi) is 3.22. The van der Waals surface area contributed by atoms with Crippen LogP contribution in [0.3, 0.4) is 0 Å². The number of aryl methyl sites for hydroxylation is 1. The van der Waals surface area contributed by atoms with Crippen molar-refractivity contribution in [3.05, 3.63) is 53.9 Å². The molecule has 1 unspecified atom stereocenters. The molecular weight excluding hydrogens is 252 g/mol. The Morgan fingerprint density at radius 2 is 2.15 bits per heavy atom. The van der Waals surface area contributed by atoms with Crippen molar-refractivity contribution in [2.24, 2.45) is 7.05 Å². The summed E-state index contributed by atoms with van der Waals surface area (Å²) in [4.78, 5) is 14.5. The largest absolute Gasteiger partial charge is 0.508 e. The average molecular weight is 270 g/mol. The Hall–Kier alpha value is -2.23. The van der Waals surface area contributed by atoms with Gasteiger partial charge in [-0.25, -0.2) is 0 Å². The third kappa shape index (κ3) is 2.18. The number of aromatic nitrogens is 1. The van der Waals surface area contributed by atoms with E-state index in [1.807, 2.05) is 24.2 Å². The highest BCUT2D eigenvalue weighted by Gasteiger charge is 2.31. The van der Waals surface area contributed by atoms with Gasteiger partial charge in [-0.3, -0.25) is 4.79 Å². The van der Waals surface area contributed by atoms with E-state index in [1.165, 1.54) is 6.07 Å². The van der Waals surface area contributed by atoms with Gasteiger partial charge in [0.1, 0.15) is 5.75 Å². The second kappa shape index (κ2) is 5.04. The van der Waals surface area contributed by atoms with Crippen molar-refractivity contribution in [2.75, 3.05) is 6.54 Å². The Balaban J connectivity index is 1.89. The smallest absolute Gasteiger partial charge is 0.254 e. The van der Waals surface area contributed by atoms with Crippen molar-refractivity contribution in [3.63, 3.8) is 0 Å². The lowest BCUT2D eigenvalue weighted by Gasteiger charge is -2.25. The third-order valence-corrected chi connectivity index (χ3v) is 3.93. The summed E-state index contributed by atoms with van der Waals surface area (Å²) in [5.41, 5.74) is 1.71. The number of carbonyl (C=O) groups is 1. The summed E-state index contributed by atoms with van der Waals surface area (Å²) in [5, 5.41) is 9.52. The molecule has 1 aliphatic heterocycles. The SMILES string of the molecule is Cn1cccc1C1CCCN1C(=O)c1cccc(O)c1. The first-order chi connectivity index (χ1) is 9.66. The Morgan fingerprint density at radius 1 is 1.30 bits per heavy atom. The third-order valence-electron chi connectivity index (χ3n) is 3.93. The minimum Gasteiger partial charge on any atom is -0.508 e. The van der Waals surface area contributed by atoms with Crippen LogP contribution >= 0.6 is 0 Å². The molecule has 0 radical (unpaired) electrons. The molecule has 20 heavy (non-hydrogen) atoms. The first-order valence-corrected chi connectivity index (χ1v) is 6.88. The molecular formula is C16H18N2O2. The van der Waals surface area contributed by atoms with Gasteiger partial charge in [0, 0.05) is 31.0 Å². The molecule has 0 spiro atoms. The number of hydrogen-bond donors (Lipinski definition) is 1. The van der Waals surface area contributed by atoms with Gasteiger partial charge in [0.2, 0.25) is 0 Å². The van der Waals surface area contributed by atoms with Crippen molar-refractivity contribution >= 4 is 5.91 Å². The maximum absolute atomic E-state index is 12.6. The monoisotopic (exact) mass is 270 g/mol. The van der Waals surface area contributed by atoms with Gasteiger partial charge in [-0.15, -0.1) is 0 Å². The van der Waals surface area contributed by atoms with E-state index in [1.54, 1.807) is 18.2 Å². The molecule has 0 saturated carbocycles. The van der Waals surface area contributed by atoms with Crippen molar-refractivity contribution in [3.8, 4) is 5.75 Å². The highest BCUT2D eigenvalue weighted by atomic mass is 16.3. The van der Waals surface area contributed by atoms with E-state index < -0.39 is 0 Å². The van der Waals surface area contributed by atoms with Gasteiger partial charge in [-0.2, -0.15) is 0 Å². The van der Waals surface area contributed by atoms with E-state index in [9.17, 15) is 9.90 Å². The second-order valence-electron chi connectivity index (χ2n) is 5.25. The van der Waals surface area contributed by atoms with Gasteiger partial charge >= 0.3 is 0 Å². The van der Waals surface area contributed by atoms with Crippen LogP contribution in [0, 0.1) is 0 Å². The molecule has 1 aromatic heterocycles. The fraction of sp³-hybridized carbons (Fsp3) is 0.312. The molecule has 2 aromatic rings. The van der Waals surface area contributed by atoms with Crippen molar-refractivity contribution in [2.45, 2.75) is 18.9 Å². The van der Waals surface area contributed by atoms with Crippen molar-refractivity contribution < 1.29 is 9.90 Å². The number of likely N-dealkylation sites (tertiary alicyclic amines) is 1. The maximum Gasteiger partial charge on any atom is 0.254 e. The molecule has 1 aliphatic rings. The van der Waals surface area contributed by atoms with Gasteiger partial charge in [0.05, 0.1) is 6.04 Å². The fourth-order valence-corrected chi connectivity index (χ4v) is 2.94. The van der Waals surface area contributed by atoms with Crippen LogP contribution in [0.15, 0.2) is 42.6 Å². The zero-order valence-electron chi connectivity index (χ0n) is 11.5. The van der Waals surface area contributed by atoms with E-state index in [0.29, 0.717) is 5.56 Å². The summed E-state index contributed by atoms with van der Waals surface area (Å²) in [6.07, 6.45) is 4.01. The molecule has 2 heterocycles. The van der Waals surface area contributed by atoms with E-state index in [-0.39, 0.29) is 17.7 Å². The molecule has 1 N–H and O–H groups in total. The molecule has 3 rings (SSSR count). The van der Waals surface area contributed by atoms with Crippen molar-refractivity contribution in [1.29, 1.82) is 0 Å². The molecule has 1 amide bonds. The number of phenolic OH excluding ortho intramolecular Hbond substituents is 1. The topological polar surface area (TPSA) is 45.5 Å². The molecule has 1 fully saturated rings. The van der Waals surface area contributed by atoms with E-state index in [0.717, 1.165) is 25.1 Å². The van der Waals surface area contributed by atoms with Crippen molar-refractivity contribution in [1.82, 2.24) is 9.47 Å². The zero-order chi connectivity index (χ0) is 14.1.